The average molecular weight is 360 g/mol. The van der Waals surface area contributed by atoms with Gasteiger partial charge in [-0.15, -0.1) is 11.3 Å². The molecule has 1 nitrogen and oxygen atoms in total. The molecule has 1 heterocycles. The van der Waals surface area contributed by atoms with E-state index in [4.69, 9.17) is 0 Å². The van der Waals surface area contributed by atoms with E-state index in [1.165, 1.54) is 31.2 Å². The van der Waals surface area contributed by atoms with Gasteiger partial charge >= 0.3 is 0 Å². The van der Waals surface area contributed by atoms with Gasteiger partial charge in [-0.3, -0.25) is 0 Å². The van der Waals surface area contributed by atoms with E-state index in [1.54, 1.807) is 0 Å². The fourth-order valence-corrected chi connectivity index (χ4v) is 4.00. The summed E-state index contributed by atoms with van der Waals surface area (Å²) in [7, 11) is 2.03. The van der Waals surface area contributed by atoms with Crippen LogP contribution >= 0.6 is 27.3 Å². The van der Waals surface area contributed by atoms with Crippen LogP contribution in [0.3, 0.4) is 0 Å². The van der Waals surface area contributed by atoms with Crippen LogP contribution in [0.4, 0.5) is 0 Å². The molecule has 1 unspecified atom stereocenters. The van der Waals surface area contributed by atoms with Crippen molar-refractivity contribution < 1.29 is 0 Å². The Bertz CT molecular complexity index is 763. The van der Waals surface area contributed by atoms with Crippen molar-refractivity contribution in [3.05, 3.63) is 69.0 Å². The predicted molar refractivity (Wildman–Crippen MR) is 96.2 cm³/mol. The van der Waals surface area contributed by atoms with Gasteiger partial charge in [-0.2, -0.15) is 0 Å². The molecule has 0 radical (unpaired) electrons. The lowest BCUT2D eigenvalue weighted by atomic mass is 9.98. The monoisotopic (exact) mass is 359 g/mol. The number of hydrogen-bond donors (Lipinski definition) is 1. The molecule has 1 N–H and O–H groups in total. The number of aryl methyl sites for hydroxylation is 1. The predicted octanol–water partition coefficient (Wildman–Crippen LogP) is 5.48. The van der Waals surface area contributed by atoms with E-state index in [1.807, 2.05) is 18.4 Å². The molecule has 3 heteroatoms. The van der Waals surface area contributed by atoms with Gasteiger partial charge in [-0.1, -0.05) is 46.3 Å². The summed E-state index contributed by atoms with van der Waals surface area (Å²) in [5.41, 5.74) is 4.02. The van der Waals surface area contributed by atoms with E-state index in [2.05, 4.69) is 76.0 Å². The molecule has 0 saturated heterocycles. The molecule has 1 atom stereocenters. The van der Waals surface area contributed by atoms with Gasteiger partial charge in [-0.25, -0.2) is 0 Å². The first-order valence-electron chi connectivity index (χ1n) is 7.07. The van der Waals surface area contributed by atoms with Crippen LogP contribution in [0.2, 0.25) is 0 Å². The van der Waals surface area contributed by atoms with Gasteiger partial charge < -0.3 is 5.32 Å². The number of fused-ring (bicyclic) bond motifs is 1. The third kappa shape index (κ3) is 3.05. The van der Waals surface area contributed by atoms with Gasteiger partial charge in [0.15, 0.2) is 0 Å². The second-order valence-electron chi connectivity index (χ2n) is 5.31. The molecule has 0 fully saturated rings. The van der Waals surface area contributed by atoms with Crippen LogP contribution in [0, 0.1) is 6.92 Å². The summed E-state index contributed by atoms with van der Waals surface area (Å²) in [4.78, 5) is 0. The third-order valence-corrected chi connectivity index (χ3v) is 5.80. The van der Waals surface area contributed by atoms with Crippen LogP contribution in [0.25, 0.3) is 10.1 Å². The number of nitrogens with one attached hydrogen (secondary N) is 1. The SMILES string of the molecule is CNC(Cc1csc2ccccc12)c1ccc(C)c(Br)c1. The first-order valence-corrected chi connectivity index (χ1v) is 8.74. The summed E-state index contributed by atoms with van der Waals surface area (Å²) in [5, 5.41) is 7.12. The Morgan fingerprint density at radius 2 is 2.00 bits per heavy atom. The first kappa shape index (κ1) is 14.8. The van der Waals surface area contributed by atoms with Gasteiger partial charge in [0.1, 0.15) is 0 Å². The van der Waals surface area contributed by atoms with Gasteiger partial charge in [0, 0.05) is 15.2 Å². The number of rotatable bonds is 4. The quantitative estimate of drug-likeness (QED) is 0.650. The molecular weight excluding hydrogens is 342 g/mol. The normalized spacial score (nSPS) is 12.7. The van der Waals surface area contributed by atoms with E-state index in [-0.39, 0.29) is 0 Å². The lowest BCUT2D eigenvalue weighted by Crippen LogP contribution is -2.18. The van der Waals surface area contributed by atoms with E-state index >= 15 is 0 Å². The molecule has 108 valence electrons. The van der Waals surface area contributed by atoms with Crippen molar-refractivity contribution >= 4 is 37.4 Å². The highest BCUT2D eigenvalue weighted by molar-refractivity contribution is 9.10. The number of benzene rings is 2. The third-order valence-electron chi connectivity index (χ3n) is 3.93. The maximum atomic E-state index is 3.64. The van der Waals surface area contributed by atoms with Gasteiger partial charge in [-0.05, 0) is 60.0 Å². The van der Waals surface area contributed by atoms with Gasteiger partial charge in [0.2, 0.25) is 0 Å². The van der Waals surface area contributed by atoms with Crippen molar-refractivity contribution in [2.45, 2.75) is 19.4 Å². The molecule has 0 aliphatic rings. The molecule has 0 aliphatic carbocycles. The van der Waals surface area contributed by atoms with E-state index in [0.717, 1.165) is 6.42 Å². The van der Waals surface area contributed by atoms with Crippen LogP contribution < -0.4 is 5.32 Å². The Hall–Kier alpha value is -1.16. The summed E-state index contributed by atoms with van der Waals surface area (Å²) in [6.45, 7) is 2.12. The van der Waals surface area contributed by atoms with Crippen LogP contribution in [-0.4, -0.2) is 7.05 Å². The molecule has 3 rings (SSSR count). The van der Waals surface area contributed by atoms with Crippen LogP contribution in [0.1, 0.15) is 22.7 Å². The maximum absolute atomic E-state index is 3.64. The van der Waals surface area contributed by atoms with Crippen LogP contribution in [0.5, 0.6) is 0 Å². The minimum Gasteiger partial charge on any atom is -0.313 e. The Labute approximate surface area is 138 Å². The molecule has 1 aromatic heterocycles. The lowest BCUT2D eigenvalue weighted by Gasteiger charge is -2.17. The molecular formula is C18H18BrNS. The number of thiophene rings is 1. The Morgan fingerprint density at radius 1 is 1.19 bits per heavy atom. The van der Waals surface area contributed by atoms with E-state index in [0.29, 0.717) is 6.04 Å². The van der Waals surface area contributed by atoms with E-state index in [9.17, 15) is 0 Å². The summed E-state index contributed by atoms with van der Waals surface area (Å²) in [6, 6.07) is 15.6. The van der Waals surface area contributed by atoms with Crippen molar-refractivity contribution in [1.29, 1.82) is 0 Å². The Morgan fingerprint density at radius 3 is 2.76 bits per heavy atom. The number of halogens is 1. The first-order chi connectivity index (χ1) is 10.2. The van der Waals surface area contributed by atoms with E-state index < -0.39 is 0 Å². The fourth-order valence-electron chi connectivity index (χ4n) is 2.62. The lowest BCUT2D eigenvalue weighted by molar-refractivity contribution is 0.594. The molecule has 2 aromatic carbocycles. The second-order valence-corrected chi connectivity index (χ2v) is 7.08. The molecule has 0 amide bonds. The molecule has 3 aromatic rings. The molecule has 0 spiro atoms. The average Bonchev–Trinajstić information content (AvgIpc) is 2.91. The van der Waals surface area contributed by atoms with Gasteiger partial charge in [0.25, 0.3) is 0 Å². The standard InChI is InChI=1S/C18H18BrNS/c1-12-7-8-13(9-16(12)19)17(20-2)10-14-11-21-18-6-4-3-5-15(14)18/h3-9,11,17,20H,10H2,1-2H3. The summed E-state index contributed by atoms with van der Waals surface area (Å²) in [6.07, 6.45) is 1.01. The van der Waals surface area contributed by atoms with Crippen LogP contribution in [-0.2, 0) is 6.42 Å². The summed E-state index contributed by atoms with van der Waals surface area (Å²) < 4.78 is 2.54. The van der Waals surface area contributed by atoms with Crippen molar-refractivity contribution in [3.8, 4) is 0 Å². The minimum absolute atomic E-state index is 0.333. The Kier molecular flexibility index (Phi) is 4.43. The molecule has 0 bridgehead atoms. The van der Waals surface area contributed by atoms with Crippen molar-refractivity contribution in [1.82, 2.24) is 5.32 Å². The maximum Gasteiger partial charge on any atom is 0.0359 e. The summed E-state index contributed by atoms with van der Waals surface area (Å²) >= 11 is 5.47. The smallest absolute Gasteiger partial charge is 0.0359 e. The van der Waals surface area contributed by atoms with Crippen LogP contribution in [0.15, 0.2) is 52.3 Å². The Balaban J connectivity index is 1.92. The highest BCUT2D eigenvalue weighted by atomic mass is 79.9. The largest absolute Gasteiger partial charge is 0.313 e. The molecule has 21 heavy (non-hydrogen) atoms. The highest BCUT2D eigenvalue weighted by Crippen LogP contribution is 2.30. The zero-order valence-corrected chi connectivity index (χ0v) is 14.6. The zero-order valence-electron chi connectivity index (χ0n) is 12.2. The van der Waals surface area contributed by atoms with Gasteiger partial charge in [0.05, 0.1) is 0 Å². The molecule has 0 aliphatic heterocycles. The number of likely N-dealkylation sites (N-methyl/N-ethyl adjacent to an activating group) is 1. The molecule has 0 saturated carbocycles. The second kappa shape index (κ2) is 6.30. The fraction of sp³-hybridized carbons (Fsp3) is 0.222. The van der Waals surface area contributed by atoms with Crippen molar-refractivity contribution in [2.24, 2.45) is 0 Å². The highest BCUT2D eigenvalue weighted by Gasteiger charge is 2.13. The summed E-state index contributed by atoms with van der Waals surface area (Å²) in [5.74, 6) is 0. The zero-order chi connectivity index (χ0) is 14.8. The van der Waals surface area contributed by atoms with Crippen molar-refractivity contribution in [2.75, 3.05) is 7.05 Å². The minimum atomic E-state index is 0.333. The topological polar surface area (TPSA) is 12.0 Å². The van der Waals surface area contributed by atoms with Crippen molar-refractivity contribution in [3.63, 3.8) is 0 Å². The number of hydrogen-bond acceptors (Lipinski definition) is 2.